The zero-order valence-electron chi connectivity index (χ0n) is 13.5. The molecular formula is C17H22N4OS. The standard InChI is InChI=1S/C17H22N4OS/c1-12-14(6-5-8-16(12)23-2)20-17(22)21-9-4-3-7-15(21)13-10-18-19-11-13/h5-6,8,10-11,15H,3-4,7,9H2,1-2H3,(H,18,19)(H,20,22). The number of carbonyl (C=O) groups is 1. The van der Waals surface area contributed by atoms with Crippen LogP contribution in [-0.4, -0.2) is 33.9 Å². The number of amides is 2. The Hall–Kier alpha value is -1.95. The number of likely N-dealkylation sites (tertiary alicyclic amines) is 1. The van der Waals surface area contributed by atoms with E-state index >= 15 is 0 Å². The first-order valence-electron chi connectivity index (χ1n) is 7.90. The van der Waals surface area contributed by atoms with Gasteiger partial charge in [-0.1, -0.05) is 6.07 Å². The molecule has 122 valence electrons. The summed E-state index contributed by atoms with van der Waals surface area (Å²) in [4.78, 5) is 15.9. The van der Waals surface area contributed by atoms with Gasteiger partial charge in [-0.05, 0) is 50.1 Å². The second-order valence-corrected chi connectivity index (χ2v) is 6.65. The number of carbonyl (C=O) groups excluding carboxylic acids is 1. The van der Waals surface area contributed by atoms with Gasteiger partial charge in [0.1, 0.15) is 0 Å². The SMILES string of the molecule is CSc1cccc(NC(=O)N2CCCCC2c2cn[nH]c2)c1C. The van der Waals surface area contributed by atoms with Crippen molar-refractivity contribution in [2.24, 2.45) is 0 Å². The van der Waals surface area contributed by atoms with Gasteiger partial charge in [0.25, 0.3) is 0 Å². The summed E-state index contributed by atoms with van der Waals surface area (Å²) in [6.07, 6.45) is 8.92. The Labute approximate surface area is 140 Å². The minimum atomic E-state index is -0.0303. The van der Waals surface area contributed by atoms with Crippen molar-refractivity contribution in [3.05, 3.63) is 41.7 Å². The maximum absolute atomic E-state index is 12.8. The molecule has 0 bridgehead atoms. The van der Waals surface area contributed by atoms with Gasteiger partial charge in [0.2, 0.25) is 0 Å². The van der Waals surface area contributed by atoms with Crippen LogP contribution in [0.4, 0.5) is 10.5 Å². The second kappa shape index (κ2) is 7.08. The predicted octanol–water partition coefficient (Wildman–Crippen LogP) is 4.20. The molecule has 1 aromatic heterocycles. The van der Waals surface area contributed by atoms with Crippen molar-refractivity contribution in [3.8, 4) is 0 Å². The van der Waals surface area contributed by atoms with E-state index in [2.05, 4.69) is 21.6 Å². The first kappa shape index (κ1) is 15.9. The maximum atomic E-state index is 12.8. The van der Waals surface area contributed by atoms with Crippen molar-refractivity contribution in [2.45, 2.75) is 37.1 Å². The number of H-pyrrole nitrogens is 1. The summed E-state index contributed by atoms with van der Waals surface area (Å²) in [7, 11) is 0. The molecule has 0 spiro atoms. The molecule has 2 N–H and O–H groups in total. The average Bonchev–Trinajstić information content (AvgIpc) is 3.11. The van der Waals surface area contributed by atoms with Gasteiger partial charge >= 0.3 is 6.03 Å². The molecule has 1 aliphatic heterocycles. The number of nitrogens with one attached hydrogen (secondary N) is 2. The highest BCUT2D eigenvalue weighted by molar-refractivity contribution is 7.98. The highest BCUT2D eigenvalue weighted by atomic mass is 32.2. The van der Waals surface area contributed by atoms with E-state index in [4.69, 9.17) is 0 Å². The fourth-order valence-electron chi connectivity index (χ4n) is 3.12. The molecule has 2 amide bonds. The number of rotatable bonds is 3. The molecule has 1 fully saturated rings. The number of aromatic nitrogens is 2. The van der Waals surface area contributed by atoms with Crippen LogP contribution in [0, 0.1) is 6.92 Å². The Morgan fingerprint density at radius 3 is 3.04 bits per heavy atom. The minimum Gasteiger partial charge on any atom is -0.317 e. The van der Waals surface area contributed by atoms with E-state index in [9.17, 15) is 4.79 Å². The molecule has 0 radical (unpaired) electrons. The molecule has 5 nitrogen and oxygen atoms in total. The summed E-state index contributed by atoms with van der Waals surface area (Å²) in [5.41, 5.74) is 3.08. The van der Waals surface area contributed by atoms with E-state index in [1.807, 2.05) is 42.6 Å². The van der Waals surface area contributed by atoms with Crippen LogP contribution in [-0.2, 0) is 0 Å². The van der Waals surface area contributed by atoms with Crippen LogP contribution in [0.1, 0.15) is 36.4 Å². The van der Waals surface area contributed by atoms with Crippen molar-refractivity contribution < 1.29 is 4.79 Å². The van der Waals surface area contributed by atoms with Gasteiger partial charge in [-0.3, -0.25) is 5.10 Å². The van der Waals surface area contributed by atoms with Crippen LogP contribution in [0.25, 0.3) is 0 Å². The third-order valence-corrected chi connectivity index (χ3v) is 5.30. The highest BCUT2D eigenvalue weighted by Gasteiger charge is 2.28. The third-order valence-electron chi connectivity index (χ3n) is 4.41. The van der Waals surface area contributed by atoms with E-state index in [0.29, 0.717) is 0 Å². The van der Waals surface area contributed by atoms with Crippen LogP contribution < -0.4 is 5.32 Å². The zero-order chi connectivity index (χ0) is 16.2. The van der Waals surface area contributed by atoms with Gasteiger partial charge in [-0.25, -0.2) is 4.79 Å². The van der Waals surface area contributed by atoms with Crippen molar-refractivity contribution in [3.63, 3.8) is 0 Å². The molecule has 0 aliphatic carbocycles. The quantitative estimate of drug-likeness (QED) is 0.829. The van der Waals surface area contributed by atoms with Gasteiger partial charge in [0.15, 0.2) is 0 Å². The summed E-state index contributed by atoms with van der Waals surface area (Å²) in [6, 6.07) is 6.09. The van der Waals surface area contributed by atoms with E-state index in [1.54, 1.807) is 11.8 Å². The fraction of sp³-hybridized carbons (Fsp3) is 0.412. The summed E-state index contributed by atoms with van der Waals surface area (Å²) in [5, 5.41) is 9.96. The number of piperidine rings is 1. The van der Waals surface area contributed by atoms with Gasteiger partial charge in [0, 0.05) is 28.9 Å². The second-order valence-electron chi connectivity index (χ2n) is 5.80. The minimum absolute atomic E-state index is 0.0303. The lowest BCUT2D eigenvalue weighted by Crippen LogP contribution is -2.41. The number of benzene rings is 1. The number of nitrogens with zero attached hydrogens (tertiary/aromatic N) is 2. The first-order chi connectivity index (χ1) is 11.2. The lowest BCUT2D eigenvalue weighted by molar-refractivity contribution is 0.163. The van der Waals surface area contributed by atoms with E-state index in [1.165, 1.54) is 4.90 Å². The molecule has 6 heteroatoms. The van der Waals surface area contributed by atoms with Crippen molar-refractivity contribution in [1.29, 1.82) is 0 Å². The van der Waals surface area contributed by atoms with Gasteiger partial charge in [-0.15, -0.1) is 11.8 Å². The molecule has 1 atom stereocenters. The van der Waals surface area contributed by atoms with E-state index in [0.717, 1.165) is 42.6 Å². The number of urea groups is 1. The Balaban J connectivity index is 1.79. The lowest BCUT2D eigenvalue weighted by atomic mass is 9.98. The van der Waals surface area contributed by atoms with Crippen molar-refractivity contribution in [1.82, 2.24) is 15.1 Å². The van der Waals surface area contributed by atoms with Crippen molar-refractivity contribution >= 4 is 23.5 Å². The van der Waals surface area contributed by atoms with Crippen LogP contribution in [0.15, 0.2) is 35.5 Å². The van der Waals surface area contributed by atoms with Crippen molar-refractivity contribution in [2.75, 3.05) is 18.1 Å². The third kappa shape index (κ3) is 3.37. The largest absolute Gasteiger partial charge is 0.322 e. The zero-order valence-corrected chi connectivity index (χ0v) is 14.3. The molecule has 1 unspecified atom stereocenters. The lowest BCUT2D eigenvalue weighted by Gasteiger charge is -2.35. The molecule has 1 saturated heterocycles. The average molecular weight is 330 g/mol. The Bertz CT molecular complexity index is 671. The number of anilines is 1. The molecule has 2 aromatic rings. The van der Waals surface area contributed by atoms with Gasteiger partial charge in [-0.2, -0.15) is 5.10 Å². The number of aromatic amines is 1. The smallest absolute Gasteiger partial charge is 0.317 e. The first-order valence-corrected chi connectivity index (χ1v) is 9.13. The highest BCUT2D eigenvalue weighted by Crippen LogP contribution is 2.32. The van der Waals surface area contributed by atoms with Crippen LogP contribution in [0.3, 0.4) is 0 Å². The van der Waals surface area contributed by atoms with Crippen LogP contribution in [0.5, 0.6) is 0 Å². The number of hydrogen-bond acceptors (Lipinski definition) is 3. The molecule has 23 heavy (non-hydrogen) atoms. The molecule has 1 aliphatic rings. The summed E-state index contributed by atoms with van der Waals surface area (Å²) >= 11 is 1.69. The molecular weight excluding hydrogens is 308 g/mol. The molecule has 1 aromatic carbocycles. The van der Waals surface area contributed by atoms with Gasteiger partial charge in [0.05, 0.1) is 12.2 Å². The summed E-state index contributed by atoms with van der Waals surface area (Å²) in [5.74, 6) is 0. The normalized spacial score (nSPS) is 18.0. The Morgan fingerprint density at radius 1 is 1.43 bits per heavy atom. The van der Waals surface area contributed by atoms with Crippen LogP contribution >= 0.6 is 11.8 Å². The van der Waals surface area contributed by atoms with Crippen LogP contribution in [0.2, 0.25) is 0 Å². The maximum Gasteiger partial charge on any atom is 0.322 e. The fourth-order valence-corrected chi connectivity index (χ4v) is 3.75. The number of thioether (sulfide) groups is 1. The summed E-state index contributed by atoms with van der Waals surface area (Å²) < 4.78 is 0. The van der Waals surface area contributed by atoms with Gasteiger partial charge < -0.3 is 10.2 Å². The van der Waals surface area contributed by atoms with E-state index in [-0.39, 0.29) is 12.1 Å². The summed E-state index contributed by atoms with van der Waals surface area (Å²) in [6.45, 7) is 2.83. The molecule has 0 saturated carbocycles. The Kier molecular flexibility index (Phi) is 4.91. The monoisotopic (exact) mass is 330 g/mol. The Morgan fingerprint density at radius 2 is 2.30 bits per heavy atom. The number of hydrogen-bond donors (Lipinski definition) is 2. The molecule has 3 rings (SSSR count). The predicted molar refractivity (Wildman–Crippen MR) is 93.9 cm³/mol. The molecule has 2 heterocycles. The van der Waals surface area contributed by atoms with E-state index < -0.39 is 0 Å². The topological polar surface area (TPSA) is 61.0 Å².